The Morgan fingerprint density at radius 2 is 2.33 bits per heavy atom. The largest absolute Gasteiger partial charge is 0.459 e. The van der Waals surface area contributed by atoms with E-state index in [1.165, 1.54) is 0 Å². The van der Waals surface area contributed by atoms with Gasteiger partial charge in [-0.15, -0.1) is 0 Å². The van der Waals surface area contributed by atoms with E-state index in [0.717, 1.165) is 10.0 Å². The van der Waals surface area contributed by atoms with Crippen LogP contribution in [0.4, 0.5) is 0 Å². The lowest BCUT2D eigenvalue weighted by Crippen LogP contribution is -2.30. The van der Waals surface area contributed by atoms with Gasteiger partial charge in [0.25, 0.3) is 0 Å². The van der Waals surface area contributed by atoms with Crippen LogP contribution < -0.4 is 5.73 Å². The summed E-state index contributed by atoms with van der Waals surface area (Å²) in [5, 5.41) is 9.05. The summed E-state index contributed by atoms with van der Waals surface area (Å²) in [5.74, 6) is -0.697. The molecule has 0 fully saturated rings. The van der Waals surface area contributed by atoms with Crippen molar-refractivity contribution in [2.75, 3.05) is 6.54 Å². The second-order valence-electron chi connectivity index (χ2n) is 2.99. The van der Waals surface area contributed by atoms with Gasteiger partial charge in [-0.25, -0.2) is 4.79 Å². The third kappa shape index (κ3) is 3.99. The van der Waals surface area contributed by atoms with Gasteiger partial charge in [0.2, 0.25) is 0 Å². The number of esters is 1. The Bertz CT molecular complexity index is 343. The minimum absolute atomic E-state index is 0.128. The maximum atomic E-state index is 11.1. The lowest BCUT2D eigenvalue weighted by Gasteiger charge is -2.08. The van der Waals surface area contributed by atoms with Gasteiger partial charge in [-0.3, -0.25) is 0 Å². The SMILES string of the molecule is NC[C@H](O)C(=O)OCc1cccc(Br)c1. The predicted molar refractivity (Wildman–Crippen MR) is 59.0 cm³/mol. The summed E-state index contributed by atoms with van der Waals surface area (Å²) in [5.41, 5.74) is 5.96. The molecule has 0 aliphatic heterocycles. The van der Waals surface area contributed by atoms with Crippen LogP contribution in [0.25, 0.3) is 0 Å². The molecule has 15 heavy (non-hydrogen) atoms. The number of carbonyl (C=O) groups excluding carboxylic acids is 1. The van der Waals surface area contributed by atoms with Gasteiger partial charge in [-0.05, 0) is 17.7 Å². The molecule has 0 bridgehead atoms. The second kappa shape index (κ2) is 5.85. The number of rotatable bonds is 4. The van der Waals surface area contributed by atoms with Crippen LogP contribution >= 0.6 is 15.9 Å². The first-order chi connectivity index (χ1) is 7.13. The Morgan fingerprint density at radius 3 is 2.93 bits per heavy atom. The monoisotopic (exact) mass is 273 g/mol. The molecule has 0 saturated carbocycles. The number of hydrogen-bond acceptors (Lipinski definition) is 4. The maximum absolute atomic E-state index is 11.1. The number of halogens is 1. The molecule has 0 saturated heterocycles. The Hall–Kier alpha value is -0.910. The van der Waals surface area contributed by atoms with Crippen LogP contribution in [-0.4, -0.2) is 23.7 Å². The fraction of sp³-hybridized carbons (Fsp3) is 0.300. The summed E-state index contributed by atoms with van der Waals surface area (Å²) in [6.45, 7) is 0.00660. The molecule has 3 N–H and O–H groups in total. The average molecular weight is 274 g/mol. The Morgan fingerprint density at radius 1 is 1.60 bits per heavy atom. The van der Waals surface area contributed by atoms with Crippen molar-refractivity contribution in [3.05, 3.63) is 34.3 Å². The topological polar surface area (TPSA) is 72.5 Å². The number of benzene rings is 1. The number of aliphatic hydroxyl groups excluding tert-OH is 1. The van der Waals surface area contributed by atoms with E-state index in [1.807, 2.05) is 24.3 Å². The zero-order valence-corrected chi connectivity index (χ0v) is 9.61. The van der Waals surface area contributed by atoms with Crippen LogP contribution in [0.5, 0.6) is 0 Å². The number of hydrogen-bond donors (Lipinski definition) is 2. The first kappa shape index (κ1) is 12.2. The number of aliphatic hydroxyl groups is 1. The van der Waals surface area contributed by atoms with Crippen molar-refractivity contribution in [3.8, 4) is 0 Å². The van der Waals surface area contributed by atoms with Gasteiger partial charge in [0.1, 0.15) is 6.61 Å². The highest BCUT2D eigenvalue weighted by Gasteiger charge is 2.13. The van der Waals surface area contributed by atoms with E-state index in [1.54, 1.807) is 0 Å². The molecule has 4 nitrogen and oxygen atoms in total. The Kier molecular flexibility index (Phi) is 4.74. The summed E-state index contributed by atoms with van der Waals surface area (Å²) in [7, 11) is 0. The van der Waals surface area contributed by atoms with E-state index in [4.69, 9.17) is 15.6 Å². The van der Waals surface area contributed by atoms with Crippen LogP contribution in [0.2, 0.25) is 0 Å². The smallest absolute Gasteiger partial charge is 0.336 e. The number of ether oxygens (including phenoxy) is 1. The molecule has 1 rings (SSSR count). The van der Waals surface area contributed by atoms with Crippen molar-refractivity contribution < 1.29 is 14.6 Å². The third-order valence-corrected chi connectivity index (χ3v) is 2.26. The van der Waals surface area contributed by atoms with E-state index in [-0.39, 0.29) is 13.2 Å². The molecule has 0 heterocycles. The fourth-order valence-corrected chi connectivity index (χ4v) is 1.42. The molecule has 1 aromatic rings. The van der Waals surface area contributed by atoms with Gasteiger partial charge in [0.15, 0.2) is 6.10 Å². The summed E-state index contributed by atoms with van der Waals surface area (Å²) in [4.78, 5) is 11.1. The standard InChI is InChI=1S/C10H12BrNO3/c11-8-3-1-2-7(4-8)6-15-10(14)9(13)5-12/h1-4,9,13H,5-6,12H2/t9-/m0/s1. The normalized spacial score (nSPS) is 12.2. The quantitative estimate of drug-likeness (QED) is 0.797. The van der Waals surface area contributed by atoms with Gasteiger partial charge in [-0.1, -0.05) is 28.1 Å². The highest BCUT2D eigenvalue weighted by atomic mass is 79.9. The van der Waals surface area contributed by atoms with Crippen molar-refractivity contribution in [3.63, 3.8) is 0 Å². The van der Waals surface area contributed by atoms with Crippen LogP contribution in [-0.2, 0) is 16.1 Å². The first-order valence-electron chi connectivity index (χ1n) is 4.42. The Labute approximate surface area is 96.2 Å². The van der Waals surface area contributed by atoms with Crippen LogP contribution in [0.15, 0.2) is 28.7 Å². The van der Waals surface area contributed by atoms with Crippen molar-refractivity contribution >= 4 is 21.9 Å². The van der Waals surface area contributed by atoms with Crippen molar-refractivity contribution in [1.29, 1.82) is 0 Å². The fourth-order valence-electron chi connectivity index (χ4n) is 0.974. The van der Waals surface area contributed by atoms with Crippen molar-refractivity contribution in [1.82, 2.24) is 0 Å². The molecule has 0 radical (unpaired) electrons. The van der Waals surface area contributed by atoms with Gasteiger partial charge in [0.05, 0.1) is 0 Å². The van der Waals surface area contributed by atoms with E-state index >= 15 is 0 Å². The average Bonchev–Trinajstić information content (AvgIpc) is 2.25. The van der Waals surface area contributed by atoms with Crippen LogP contribution in [0.1, 0.15) is 5.56 Å². The molecular weight excluding hydrogens is 262 g/mol. The van der Waals surface area contributed by atoms with E-state index < -0.39 is 12.1 Å². The third-order valence-electron chi connectivity index (χ3n) is 1.77. The maximum Gasteiger partial charge on any atom is 0.336 e. The van der Waals surface area contributed by atoms with Gasteiger partial charge >= 0.3 is 5.97 Å². The zero-order chi connectivity index (χ0) is 11.3. The van der Waals surface area contributed by atoms with E-state index in [2.05, 4.69) is 15.9 Å². The van der Waals surface area contributed by atoms with Gasteiger partial charge < -0.3 is 15.6 Å². The molecule has 0 amide bonds. The summed E-state index contributed by atoms with van der Waals surface area (Å²) >= 11 is 3.30. The molecule has 82 valence electrons. The van der Waals surface area contributed by atoms with Gasteiger partial charge in [-0.2, -0.15) is 0 Å². The predicted octanol–water partition coefficient (Wildman–Crippen LogP) is 0.812. The summed E-state index contributed by atoms with van der Waals surface area (Å²) in [6.07, 6.45) is -1.24. The van der Waals surface area contributed by atoms with E-state index in [9.17, 15) is 4.79 Å². The highest BCUT2D eigenvalue weighted by Crippen LogP contribution is 2.12. The minimum Gasteiger partial charge on any atom is -0.459 e. The van der Waals surface area contributed by atoms with E-state index in [0.29, 0.717) is 0 Å². The summed E-state index contributed by atoms with van der Waals surface area (Å²) in [6, 6.07) is 7.38. The molecule has 1 atom stereocenters. The molecular formula is C10H12BrNO3. The lowest BCUT2D eigenvalue weighted by atomic mass is 10.2. The number of carbonyl (C=O) groups is 1. The molecule has 0 unspecified atom stereocenters. The molecule has 0 aliphatic carbocycles. The summed E-state index contributed by atoms with van der Waals surface area (Å²) < 4.78 is 5.76. The minimum atomic E-state index is -1.24. The van der Waals surface area contributed by atoms with Crippen LogP contribution in [0, 0.1) is 0 Å². The highest BCUT2D eigenvalue weighted by molar-refractivity contribution is 9.10. The molecule has 1 aromatic carbocycles. The Balaban J connectivity index is 2.47. The van der Waals surface area contributed by atoms with Crippen molar-refractivity contribution in [2.45, 2.75) is 12.7 Å². The lowest BCUT2D eigenvalue weighted by molar-refractivity contribution is -0.154. The zero-order valence-electron chi connectivity index (χ0n) is 8.02. The number of nitrogens with two attached hydrogens (primary N) is 1. The van der Waals surface area contributed by atoms with Crippen molar-refractivity contribution in [2.24, 2.45) is 5.73 Å². The molecule has 5 heteroatoms. The van der Waals surface area contributed by atoms with Gasteiger partial charge in [0, 0.05) is 11.0 Å². The first-order valence-corrected chi connectivity index (χ1v) is 5.22. The molecule has 0 aliphatic rings. The second-order valence-corrected chi connectivity index (χ2v) is 3.90. The molecule has 0 aromatic heterocycles. The molecule has 0 spiro atoms. The van der Waals surface area contributed by atoms with Crippen LogP contribution in [0.3, 0.4) is 0 Å².